The van der Waals surface area contributed by atoms with Gasteiger partial charge in [0, 0.05) is 18.9 Å². The Morgan fingerprint density at radius 3 is 2.55 bits per heavy atom. The highest BCUT2D eigenvalue weighted by Crippen LogP contribution is 2.35. The molecular formula is C25H27N3S. The van der Waals surface area contributed by atoms with Crippen molar-refractivity contribution in [3.8, 4) is 0 Å². The van der Waals surface area contributed by atoms with Crippen molar-refractivity contribution in [2.24, 2.45) is 5.73 Å². The van der Waals surface area contributed by atoms with Gasteiger partial charge in [-0.25, -0.2) is 0 Å². The third-order valence-electron chi connectivity index (χ3n) is 5.92. The van der Waals surface area contributed by atoms with Gasteiger partial charge >= 0.3 is 0 Å². The van der Waals surface area contributed by atoms with Crippen molar-refractivity contribution in [1.29, 1.82) is 0 Å². The van der Waals surface area contributed by atoms with Gasteiger partial charge in [-0.05, 0) is 72.1 Å². The SMILES string of the molecule is NC(=S)N(CCC1CCCc2ccccc21)C(c1ccccc1)c1cccnc1. The van der Waals surface area contributed by atoms with Gasteiger partial charge in [-0.1, -0.05) is 60.7 Å². The maximum Gasteiger partial charge on any atom is 0.167 e. The number of benzene rings is 2. The van der Waals surface area contributed by atoms with E-state index in [9.17, 15) is 0 Å². The van der Waals surface area contributed by atoms with Crippen LogP contribution in [0.1, 0.15) is 53.5 Å². The molecule has 2 aromatic carbocycles. The molecule has 3 nitrogen and oxygen atoms in total. The Morgan fingerprint density at radius 2 is 1.79 bits per heavy atom. The number of rotatable bonds is 6. The summed E-state index contributed by atoms with van der Waals surface area (Å²) in [6, 6.07) is 23.4. The molecule has 0 bridgehead atoms. The Bertz CT molecular complexity index is 903. The van der Waals surface area contributed by atoms with E-state index >= 15 is 0 Å². The van der Waals surface area contributed by atoms with Crippen LogP contribution < -0.4 is 5.73 Å². The normalized spacial score (nSPS) is 16.6. The minimum Gasteiger partial charge on any atom is -0.376 e. The molecule has 0 saturated heterocycles. The minimum atomic E-state index is -0.0266. The Hall–Kier alpha value is -2.72. The summed E-state index contributed by atoms with van der Waals surface area (Å²) in [5.41, 5.74) is 11.5. The fourth-order valence-corrected chi connectivity index (χ4v) is 4.74. The van der Waals surface area contributed by atoms with Crippen molar-refractivity contribution in [3.63, 3.8) is 0 Å². The van der Waals surface area contributed by atoms with Crippen molar-refractivity contribution in [3.05, 3.63) is 101 Å². The van der Waals surface area contributed by atoms with Gasteiger partial charge in [-0.3, -0.25) is 4.98 Å². The first kappa shape index (κ1) is 19.6. The average Bonchev–Trinajstić information content (AvgIpc) is 2.77. The molecule has 2 N–H and O–H groups in total. The van der Waals surface area contributed by atoms with Gasteiger partial charge in [0.2, 0.25) is 0 Å². The standard InChI is InChI=1S/C25H27N3S/c26-25(29)28(17-15-20-12-6-11-19-8-4-5-14-23(19)20)24(21-9-2-1-3-10-21)22-13-7-16-27-18-22/h1-5,7-10,13-14,16,18,20,24H,6,11-12,15,17H2,(H2,26,29). The van der Waals surface area contributed by atoms with Crippen LogP contribution in [0.4, 0.5) is 0 Å². The van der Waals surface area contributed by atoms with Gasteiger partial charge in [0.25, 0.3) is 0 Å². The van der Waals surface area contributed by atoms with Crippen LogP contribution in [0, 0.1) is 0 Å². The molecule has 0 radical (unpaired) electrons. The molecule has 3 aromatic rings. The highest BCUT2D eigenvalue weighted by Gasteiger charge is 2.26. The molecule has 0 spiro atoms. The highest BCUT2D eigenvalue weighted by molar-refractivity contribution is 7.80. The van der Waals surface area contributed by atoms with E-state index in [1.807, 2.05) is 18.3 Å². The molecule has 2 atom stereocenters. The van der Waals surface area contributed by atoms with Crippen LogP contribution in [0.2, 0.25) is 0 Å². The molecule has 148 valence electrons. The van der Waals surface area contributed by atoms with E-state index < -0.39 is 0 Å². The lowest BCUT2D eigenvalue weighted by atomic mass is 9.81. The smallest absolute Gasteiger partial charge is 0.167 e. The fourth-order valence-electron chi connectivity index (χ4n) is 4.54. The van der Waals surface area contributed by atoms with Crippen LogP contribution in [0.3, 0.4) is 0 Å². The zero-order valence-electron chi connectivity index (χ0n) is 16.6. The third-order valence-corrected chi connectivity index (χ3v) is 6.16. The second-order valence-electron chi connectivity index (χ2n) is 7.71. The predicted octanol–water partition coefficient (Wildman–Crippen LogP) is 5.23. The first-order valence-electron chi connectivity index (χ1n) is 10.3. The summed E-state index contributed by atoms with van der Waals surface area (Å²) in [6.45, 7) is 0.822. The summed E-state index contributed by atoms with van der Waals surface area (Å²) in [4.78, 5) is 6.51. The largest absolute Gasteiger partial charge is 0.376 e. The Balaban J connectivity index is 1.61. The number of aryl methyl sites for hydroxylation is 1. The lowest BCUT2D eigenvalue weighted by Gasteiger charge is -2.35. The highest BCUT2D eigenvalue weighted by atomic mass is 32.1. The van der Waals surface area contributed by atoms with Crippen LogP contribution >= 0.6 is 12.2 Å². The van der Waals surface area contributed by atoms with E-state index in [2.05, 4.69) is 64.5 Å². The second-order valence-corrected chi connectivity index (χ2v) is 8.13. The Labute approximate surface area is 178 Å². The summed E-state index contributed by atoms with van der Waals surface area (Å²) < 4.78 is 0. The molecule has 4 rings (SSSR count). The van der Waals surface area contributed by atoms with E-state index in [1.54, 1.807) is 6.20 Å². The van der Waals surface area contributed by atoms with Gasteiger partial charge < -0.3 is 10.6 Å². The van der Waals surface area contributed by atoms with Gasteiger partial charge in [-0.2, -0.15) is 0 Å². The van der Waals surface area contributed by atoms with Crippen molar-refractivity contribution >= 4 is 17.3 Å². The number of thiocarbonyl (C=S) groups is 1. The number of aromatic nitrogens is 1. The number of nitrogens with zero attached hydrogens (tertiary/aromatic N) is 2. The summed E-state index contributed by atoms with van der Waals surface area (Å²) >= 11 is 5.52. The van der Waals surface area contributed by atoms with Gasteiger partial charge in [0.1, 0.15) is 0 Å². The average molecular weight is 402 g/mol. The molecule has 0 fully saturated rings. The predicted molar refractivity (Wildman–Crippen MR) is 123 cm³/mol. The van der Waals surface area contributed by atoms with E-state index in [1.165, 1.54) is 36.0 Å². The second kappa shape index (κ2) is 9.19. The van der Waals surface area contributed by atoms with Crippen LogP contribution in [0.15, 0.2) is 79.1 Å². The van der Waals surface area contributed by atoms with Crippen molar-refractivity contribution in [2.45, 2.75) is 37.6 Å². The van der Waals surface area contributed by atoms with E-state index in [-0.39, 0.29) is 6.04 Å². The number of fused-ring (bicyclic) bond motifs is 1. The Kier molecular flexibility index (Phi) is 6.20. The van der Waals surface area contributed by atoms with Gasteiger partial charge in [0.05, 0.1) is 6.04 Å². The van der Waals surface area contributed by atoms with Gasteiger partial charge in [-0.15, -0.1) is 0 Å². The minimum absolute atomic E-state index is 0.0266. The Morgan fingerprint density at radius 1 is 1.03 bits per heavy atom. The number of hydrogen-bond donors (Lipinski definition) is 1. The number of pyridine rings is 1. The molecule has 2 unspecified atom stereocenters. The lowest BCUT2D eigenvalue weighted by Crippen LogP contribution is -2.40. The third kappa shape index (κ3) is 4.48. The summed E-state index contributed by atoms with van der Waals surface area (Å²) in [7, 11) is 0. The molecular weight excluding hydrogens is 374 g/mol. The lowest BCUT2D eigenvalue weighted by molar-refractivity contribution is 0.332. The fraction of sp³-hybridized carbons (Fsp3) is 0.280. The van der Waals surface area contributed by atoms with Crippen molar-refractivity contribution in [1.82, 2.24) is 9.88 Å². The summed E-state index contributed by atoms with van der Waals surface area (Å²) in [5.74, 6) is 0.558. The monoisotopic (exact) mass is 401 g/mol. The number of nitrogens with two attached hydrogens (primary N) is 1. The van der Waals surface area contributed by atoms with Crippen molar-refractivity contribution < 1.29 is 0 Å². The first-order valence-corrected chi connectivity index (χ1v) is 10.7. The van der Waals surface area contributed by atoms with Crippen LogP contribution in [0.25, 0.3) is 0 Å². The zero-order valence-corrected chi connectivity index (χ0v) is 17.4. The van der Waals surface area contributed by atoms with Crippen molar-refractivity contribution in [2.75, 3.05) is 6.54 Å². The molecule has 29 heavy (non-hydrogen) atoms. The van der Waals surface area contributed by atoms with Gasteiger partial charge in [0.15, 0.2) is 5.11 Å². The van der Waals surface area contributed by atoms with Crippen LogP contribution in [-0.4, -0.2) is 21.5 Å². The molecule has 0 saturated carbocycles. The molecule has 4 heteroatoms. The number of hydrogen-bond acceptors (Lipinski definition) is 2. The maximum absolute atomic E-state index is 6.26. The van der Waals surface area contributed by atoms with E-state index in [4.69, 9.17) is 18.0 Å². The molecule has 1 aromatic heterocycles. The summed E-state index contributed by atoms with van der Waals surface area (Å²) in [5, 5.41) is 0.437. The van der Waals surface area contributed by atoms with E-state index in [0.717, 1.165) is 18.5 Å². The summed E-state index contributed by atoms with van der Waals surface area (Å²) in [6.07, 6.45) is 8.42. The topological polar surface area (TPSA) is 42.1 Å². The quantitative estimate of drug-likeness (QED) is 0.575. The van der Waals surface area contributed by atoms with E-state index in [0.29, 0.717) is 11.0 Å². The maximum atomic E-state index is 6.26. The zero-order chi connectivity index (χ0) is 20.1. The molecule has 0 aliphatic heterocycles. The molecule has 1 aliphatic carbocycles. The molecule has 0 amide bonds. The molecule has 1 aliphatic rings. The van der Waals surface area contributed by atoms with Crippen LogP contribution in [0.5, 0.6) is 0 Å². The molecule has 1 heterocycles. The first-order chi connectivity index (χ1) is 14.2. The van der Waals surface area contributed by atoms with Crippen LogP contribution in [-0.2, 0) is 6.42 Å².